The first-order valence-electron chi connectivity index (χ1n) is 17.7. The number of ether oxygens (including phenoxy) is 1. The summed E-state index contributed by atoms with van der Waals surface area (Å²) in [6.07, 6.45) is 6.94. The van der Waals surface area contributed by atoms with E-state index >= 15 is 0 Å². The van der Waals surface area contributed by atoms with Crippen LogP contribution in [0.2, 0.25) is 0 Å². The molecule has 1 amide bonds. The monoisotopic (exact) mass is 682 g/mol. The summed E-state index contributed by atoms with van der Waals surface area (Å²) in [7, 11) is -3.35. The molecule has 0 spiro atoms. The van der Waals surface area contributed by atoms with Gasteiger partial charge in [-0.05, 0) is 104 Å². The van der Waals surface area contributed by atoms with Gasteiger partial charge in [0.1, 0.15) is 18.2 Å². The minimum absolute atomic E-state index is 0.0201. The zero-order chi connectivity index (χ0) is 33.3. The van der Waals surface area contributed by atoms with Crippen molar-refractivity contribution in [2.75, 3.05) is 56.5 Å². The Morgan fingerprint density at radius 3 is 2.45 bits per heavy atom. The molecule has 2 bridgehead atoms. The van der Waals surface area contributed by atoms with E-state index in [0.29, 0.717) is 38.7 Å². The smallest absolute Gasteiger partial charge is 0.319 e. The SMILES string of the molecule is O=C(CN1CCCS1(=O)=O)N1[C@@H]2CC[C@H]1CN(c1nc(OCC34CCCN3CCC4)nc3cc(-c4cc(O)cc5ccccc45)ccc13)C2. The quantitative estimate of drug-likeness (QED) is 0.303. The molecule has 2 atom stereocenters. The van der Waals surface area contributed by atoms with Gasteiger partial charge in [0.2, 0.25) is 15.9 Å². The Morgan fingerprint density at radius 2 is 1.69 bits per heavy atom. The molecule has 5 aliphatic rings. The van der Waals surface area contributed by atoms with Crippen LogP contribution in [0.3, 0.4) is 0 Å². The molecule has 0 unspecified atom stereocenters. The molecule has 6 heterocycles. The number of piperazine rings is 1. The second-order valence-corrected chi connectivity index (χ2v) is 16.7. The second kappa shape index (κ2) is 11.8. The molecular formula is C37H42N6O5S. The Morgan fingerprint density at radius 1 is 0.918 bits per heavy atom. The third kappa shape index (κ3) is 5.39. The number of nitrogens with zero attached hydrogens (tertiary/aromatic N) is 6. The van der Waals surface area contributed by atoms with Gasteiger partial charge in [-0.15, -0.1) is 0 Å². The fraction of sp³-hybridized carbons (Fsp3) is 0.486. The summed E-state index contributed by atoms with van der Waals surface area (Å²) in [5, 5.41) is 13.5. The molecule has 12 heteroatoms. The van der Waals surface area contributed by atoms with Crippen LogP contribution in [0.5, 0.6) is 11.8 Å². The van der Waals surface area contributed by atoms with Crippen molar-refractivity contribution in [3.63, 3.8) is 0 Å². The number of rotatable bonds is 7. The van der Waals surface area contributed by atoms with Crippen LogP contribution in [-0.4, -0.2) is 113 Å². The van der Waals surface area contributed by atoms with Crippen molar-refractivity contribution in [3.05, 3.63) is 54.6 Å². The highest BCUT2D eigenvalue weighted by Crippen LogP contribution is 2.41. The lowest BCUT2D eigenvalue weighted by atomic mass is 9.95. The molecule has 5 fully saturated rings. The first-order valence-corrected chi connectivity index (χ1v) is 19.3. The summed E-state index contributed by atoms with van der Waals surface area (Å²) in [4.78, 5) is 30.4. The largest absolute Gasteiger partial charge is 0.508 e. The van der Waals surface area contributed by atoms with Crippen LogP contribution in [0.25, 0.3) is 32.8 Å². The number of benzene rings is 3. The predicted octanol–water partition coefficient (Wildman–Crippen LogP) is 4.38. The summed E-state index contributed by atoms with van der Waals surface area (Å²) in [5.74, 6) is 1.03. The van der Waals surface area contributed by atoms with Crippen LogP contribution in [0.15, 0.2) is 54.6 Å². The first kappa shape index (κ1) is 31.0. The molecule has 49 heavy (non-hydrogen) atoms. The van der Waals surface area contributed by atoms with E-state index in [1.807, 2.05) is 23.1 Å². The topological polar surface area (TPSA) is 119 Å². The predicted molar refractivity (Wildman–Crippen MR) is 188 cm³/mol. The van der Waals surface area contributed by atoms with Crippen LogP contribution in [-0.2, 0) is 14.8 Å². The molecule has 256 valence electrons. The van der Waals surface area contributed by atoms with Gasteiger partial charge in [-0.1, -0.05) is 30.3 Å². The van der Waals surface area contributed by atoms with Gasteiger partial charge in [-0.25, -0.2) is 8.42 Å². The number of fused-ring (bicyclic) bond motifs is 5. The number of aromatic hydroxyl groups is 1. The maximum absolute atomic E-state index is 13.5. The Labute approximate surface area is 286 Å². The van der Waals surface area contributed by atoms with Crippen molar-refractivity contribution in [2.24, 2.45) is 0 Å². The number of amides is 1. The van der Waals surface area contributed by atoms with Gasteiger partial charge in [0.25, 0.3) is 0 Å². The Bertz CT molecular complexity index is 2050. The summed E-state index contributed by atoms with van der Waals surface area (Å²) < 4.78 is 32.8. The number of anilines is 1. The van der Waals surface area contributed by atoms with E-state index in [9.17, 15) is 18.3 Å². The molecule has 3 aromatic carbocycles. The number of phenols is 1. The molecule has 1 N–H and O–H groups in total. The van der Waals surface area contributed by atoms with Crippen molar-refractivity contribution in [2.45, 2.75) is 62.6 Å². The lowest BCUT2D eigenvalue weighted by Gasteiger charge is -2.42. The Hall–Kier alpha value is -4.00. The zero-order valence-electron chi connectivity index (χ0n) is 27.6. The molecule has 9 rings (SSSR count). The van der Waals surface area contributed by atoms with E-state index in [1.165, 1.54) is 17.1 Å². The minimum Gasteiger partial charge on any atom is -0.508 e. The lowest BCUT2D eigenvalue weighted by molar-refractivity contribution is -0.134. The second-order valence-electron chi connectivity index (χ2n) is 14.6. The minimum atomic E-state index is -3.35. The summed E-state index contributed by atoms with van der Waals surface area (Å²) >= 11 is 0. The van der Waals surface area contributed by atoms with E-state index in [-0.39, 0.29) is 41.6 Å². The number of hydrogen-bond donors (Lipinski definition) is 1. The molecule has 4 aromatic rings. The zero-order valence-corrected chi connectivity index (χ0v) is 28.4. The van der Waals surface area contributed by atoms with E-state index in [4.69, 9.17) is 14.7 Å². The fourth-order valence-electron chi connectivity index (χ4n) is 9.34. The van der Waals surface area contributed by atoms with Crippen LogP contribution in [0.1, 0.15) is 44.9 Å². The highest BCUT2D eigenvalue weighted by Gasteiger charge is 2.46. The van der Waals surface area contributed by atoms with Gasteiger partial charge in [-0.3, -0.25) is 9.69 Å². The van der Waals surface area contributed by atoms with Gasteiger partial charge in [-0.2, -0.15) is 14.3 Å². The van der Waals surface area contributed by atoms with Crippen LogP contribution in [0, 0.1) is 0 Å². The van der Waals surface area contributed by atoms with E-state index in [1.54, 1.807) is 12.1 Å². The number of sulfonamides is 1. The standard InChI is InChI=1S/C37H42N6O5S/c44-29-18-25-6-1-2-7-30(25)32(20-29)26-8-11-31-33(19-26)38-36(48-24-37-12-3-14-41(37)15-4-13-37)39-35(31)40-21-27-9-10-28(22-40)43(27)34(45)23-42-16-5-17-49(42,46)47/h1-2,6-8,11,18-20,27-28,44H,3-5,9-10,12-17,21-24H2/t27-,28+. The van der Waals surface area contributed by atoms with Crippen LogP contribution in [0.4, 0.5) is 5.82 Å². The molecule has 0 radical (unpaired) electrons. The number of carbonyl (C=O) groups is 1. The van der Waals surface area contributed by atoms with Crippen molar-refractivity contribution in [1.82, 2.24) is 24.1 Å². The van der Waals surface area contributed by atoms with E-state index < -0.39 is 10.0 Å². The lowest BCUT2D eigenvalue weighted by Crippen LogP contribution is -2.58. The van der Waals surface area contributed by atoms with Gasteiger partial charge in [0.05, 0.1) is 23.4 Å². The van der Waals surface area contributed by atoms with Gasteiger partial charge < -0.3 is 19.6 Å². The number of hydrogen-bond acceptors (Lipinski definition) is 9. The van der Waals surface area contributed by atoms with E-state index in [0.717, 1.165) is 77.4 Å². The molecule has 1 aromatic heterocycles. The molecule has 5 saturated heterocycles. The summed E-state index contributed by atoms with van der Waals surface area (Å²) in [6.45, 7) is 4.34. The molecule has 11 nitrogen and oxygen atoms in total. The van der Waals surface area contributed by atoms with Crippen molar-refractivity contribution in [1.29, 1.82) is 0 Å². The van der Waals surface area contributed by atoms with Crippen molar-refractivity contribution in [3.8, 4) is 22.9 Å². The van der Waals surface area contributed by atoms with Crippen molar-refractivity contribution >= 4 is 43.4 Å². The highest BCUT2D eigenvalue weighted by atomic mass is 32.2. The molecule has 0 aliphatic carbocycles. The number of phenolic OH excluding ortho intramolecular Hbond substituents is 1. The average Bonchev–Trinajstić information content (AvgIpc) is 3.83. The summed E-state index contributed by atoms with van der Waals surface area (Å²) in [6, 6.07) is 18.1. The first-order chi connectivity index (χ1) is 23.8. The third-order valence-electron chi connectivity index (χ3n) is 11.7. The average molecular weight is 683 g/mol. The Balaban J connectivity index is 1.06. The van der Waals surface area contributed by atoms with E-state index in [2.05, 4.69) is 34.1 Å². The fourth-order valence-corrected chi connectivity index (χ4v) is 10.8. The van der Waals surface area contributed by atoms with Crippen LogP contribution < -0.4 is 9.64 Å². The normalized spacial score (nSPS) is 24.7. The third-order valence-corrected chi connectivity index (χ3v) is 13.6. The highest BCUT2D eigenvalue weighted by molar-refractivity contribution is 7.89. The van der Waals surface area contributed by atoms with Gasteiger partial charge >= 0.3 is 6.01 Å². The number of aromatic nitrogens is 2. The van der Waals surface area contributed by atoms with Crippen LogP contribution >= 0.6 is 0 Å². The Kier molecular flexibility index (Phi) is 7.47. The molecular weight excluding hydrogens is 641 g/mol. The maximum atomic E-state index is 13.5. The van der Waals surface area contributed by atoms with Crippen molar-refractivity contribution < 1.29 is 23.1 Å². The summed E-state index contributed by atoms with van der Waals surface area (Å²) in [5.41, 5.74) is 2.69. The molecule has 5 aliphatic heterocycles. The van der Waals surface area contributed by atoms with Gasteiger partial charge in [0, 0.05) is 37.1 Å². The van der Waals surface area contributed by atoms with Gasteiger partial charge in [0.15, 0.2) is 0 Å². The molecule has 0 saturated carbocycles. The number of carbonyl (C=O) groups excluding carboxylic acids is 1. The maximum Gasteiger partial charge on any atom is 0.319 e.